The normalized spacial score (nSPS) is 15.8. The Kier molecular flexibility index (Phi) is 8.15. The summed E-state index contributed by atoms with van der Waals surface area (Å²) >= 11 is 1.73. The van der Waals surface area contributed by atoms with Gasteiger partial charge in [-0.2, -0.15) is 0 Å². The van der Waals surface area contributed by atoms with Crippen molar-refractivity contribution in [1.82, 2.24) is 10.2 Å². The molecule has 2 atom stereocenters. The molecule has 1 amide bonds. The molecule has 4 rings (SSSR count). The highest BCUT2D eigenvalue weighted by atomic mass is 32.1. The predicted molar refractivity (Wildman–Crippen MR) is 140 cm³/mol. The number of nitrogens with one attached hydrogen (secondary N) is 1. The minimum atomic E-state index is -0.128. The maximum absolute atomic E-state index is 13.1. The zero-order valence-electron chi connectivity index (χ0n) is 20.7. The third-order valence-corrected chi connectivity index (χ3v) is 7.40. The molecule has 1 aromatic heterocycles. The molecule has 0 unspecified atom stereocenters. The van der Waals surface area contributed by atoms with Crippen molar-refractivity contribution in [2.45, 2.75) is 19.0 Å². The Labute approximate surface area is 211 Å². The summed E-state index contributed by atoms with van der Waals surface area (Å²) in [5, 5.41) is 5.32. The zero-order chi connectivity index (χ0) is 24.8. The predicted octanol–water partition coefficient (Wildman–Crippen LogP) is 4.46. The SMILES string of the molecule is COc1ccc(N2CCN([C@@H](c3cccs3)[C@@H](C)NC(=O)c3ccc(OC)c(OC)c3)CC2)cc1. The van der Waals surface area contributed by atoms with Gasteiger partial charge in [0.25, 0.3) is 5.91 Å². The quantitative estimate of drug-likeness (QED) is 0.473. The molecule has 1 saturated heterocycles. The van der Waals surface area contributed by atoms with Crippen molar-refractivity contribution in [3.05, 3.63) is 70.4 Å². The van der Waals surface area contributed by atoms with Gasteiger partial charge in [-0.25, -0.2) is 0 Å². The minimum absolute atomic E-state index is 0.0817. The zero-order valence-corrected chi connectivity index (χ0v) is 21.5. The molecular weight excluding hydrogens is 462 g/mol. The maximum atomic E-state index is 13.1. The lowest BCUT2D eigenvalue weighted by atomic mass is 10.0. The van der Waals surface area contributed by atoms with E-state index in [1.165, 1.54) is 10.6 Å². The first-order chi connectivity index (χ1) is 17.0. The van der Waals surface area contributed by atoms with Gasteiger partial charge in [0.2, 0.25) is 0 Å². The number of carbonyl (C=O) groups is 1. The molecule has 186 valence electrons. The summed E-state index contributed by atoms with van der Waals surface area (Å²) in [4.78, 5) is 19.3. The first kappa shape index (κ1) is 24.9. The monoisotopic (exact) mass is 495 g/mol. The van der Waals surface area contributed by atoms with Crippen LogP contribution in [0.25, 0.3) is 0 Å². The molecule has 0 spiro atoms. The van der Waals surface area contributed by atoms with Crippen molar-refractivity contribution in [3.63, 3.8) is 0 Å². The topological polar surface area (TPSA) is 63.3 Å². The first-order valence-corrected chi connectivity index (χ1v) is 12.6. The second-order valence-corrected chi connectivity index (χ2v) is 9.49. The number of carbonyl (C=O) groups excluding carboxylic acids is 1. The Hall–Kier alpha value is -3.23. The van der Waals surface area contributed by atoms with Gasteiger partial charge in [0.1, 0.15) is 5.75 Å². The Morgan fingerprint density at radius 2 is 1.63 bits per heavy atom. The number of anilines is 1. The third-order valence-electron chi connectivity index (χ3n) is 6.46. The summed E-state index contributed by atoms with van der Waals surface area (Å²) in [6.45, 7) is 5.74. The van der Waals surface area contributed by atoms with E-state index in [9.17, 15) is 4.79 Å². The summed E-state index contributed by atoms with van der Waals surface area (Å²) in [7, 11) is 4.84. The number of ether oxygens (including phenoxy) is 3. The molecule has 0 bridgehead atoms. The number of benzene rings is 2. The van der Waals surface area contributed by atoms with E-state index in [2.05, 4.69) is 51.7 Å². The van der Waals surface area contributed by atoms with Crippen molar-refractivity contribution in [2.24, 2.45) is 0 Å². The number of rotatable bonds is 9. The molecule has 0 radical (unpaired) electrons. The van der Waals surface area contributed by atoms with E-state index >= 15 is 0 Å². The Bertz CT molecular complexity index is 1100. The lowest BCUT2D eigenvalue weighted by molar-refractivity contribution is 0.0890. The molecule has 1 aliphatic rings. The highest BCUT2D eigenvalue weighted by Crippen LogP contribution is 2.31. The second kappa shape index (κ2) is 11.5. The fourth-order valence-corrected chi connectivity index (χ4v) is 5.56. The molecule has 2 heterocycles. The summed E-state index contributed by atoms with van der Waals surface area (Å²) in [6, 6.07) is 17.7. The summed E-state index contributed by atoms with van der Waals surface area (Å²) < 4.78 is 16.0. The fourth-order valence-electron chi connectivity index (χ4n) is 4.60. The maximum Gasteiger partial charge on any atom is 0.251 e. The highest BCUT2D eigenvalue weighted by molar-refractivity contribution is 7.10. The van der Waals surface area contributed by atoms with Crippen LogP contribution in [0, 0.1) is 0 Å². The average Bonchev–Trinajstić information content (AvgIpc) is 3.43. The van der Waals surface area contributed by atoms with Crippen molar-refractivity contribution in [2.75, 3.05) is 52.4 Å². The number of hydrogen-bond donors (Lipinski definition) is 1. The molecule has 7 nitrogen and oxygen atoms in total. The highest BCUT2D eigenvalue weighted by Gasteiger charge is 2.31. The molecule has 3 aromatic rings. The van der Waals surface area contributed by atoms with Crippen LogP contribution in [0.5, 0.6) is 17.2 Å². The van der Waals surface area contributed by atoms with Crippen molar-refractivity contribution < 1.29 is 19.0 Å². The number of methoxy groups -OCH3 is 3. The second-order valence-electron chi connectivity index (χ2n) is 8.51. The Balaban J connectivity index is 1.45. The number of nitrogens with zero attached hydrogens (tertiary/aromatic N) is 2. The van der Waals surface area contributed by atoms with Crippen LogP contribution in [0.3, 0.4) is 0 Å². The van der Waals surface area contributed by atoms with E-state index in [0.717, 1.165) is 31.9 Å². The molecule has 0 aliphatic carbocycles. The van der Waals surface area contributed by atoms with E-state index in [4.69, 9.17) is 14.2 Å². The lowest BCUT2D eigenvalue weighted by Gasteiger charge is -2.42. The molecule has 2 aromatic carbocycles. The van der Waals surface area contributed by atoms with Gasteiger partial charge in [-0.1, -0.05) is 6.07 Å². The van der Waals surface area contributed by atoms with Crippen LogP contribution in [0.15, 0.2) is 60.0 Å². The lowest BCUT2D eigenvalue weighted by Crippen LogP contribution is -2.52. The van der Waals surface area contributed by atoms with Crippen molar-refractivity contribution in [1.29, 1.82) is 0 Å². The number of piperazine rings is 1. The van der Waals surface area contributed by atoms with Gasteiger partial charge in [0.05, 0.1) is 27.4 Å². The molecule has 1 aliphatic heterocycles. The summed E-state index contributed by atoms with van der Waals surface area (Å²) in [5.41, 5.74) is 1.75. The van der Waals surface area contributed by atoms with Crippen molar-refractivity contribution in [3.8, 4) is 17.2 Å². The largest absolute Gasteiger partial charge is 0.497 e. The van der Waals surface area contributed by atoms with Crippen LogP contribution in [0.4, 0.5) is 5.69 Å². The molecule has 1 N–H and O–H groups in total. The average molecular weight is 496 g/mol. The molecular formula is C27H33N3O4S. The first-order valence-electron chi connectivity index (χ1n) is 11.7. The molecule has 8 heteroatoms. The van der Waals surface area contributed by atoms with Crippen LogP contribution in [-0.4, -0.2) is 64.4 Å². The Morgan fingerprint density at radius 1 is 0.914 bits per heavy atom. The van der Waals surface area contributed by atoms with Crippen molar-refractivity contribution >= 4 is 22.9 Å². The minimum Gasteiger partial charge on any atom is -0.497 e. The number of amides is 1. The Morgan fingerprint density at radius 3 is 2.23 bits per heavy atom. The fraction of sp³-hybridized carbons (Fsp3) is 0.370. The smallest absolute Gasteiger partial charge is 0.251 e. The molecule has 35 heavy (non-hydrogen) atoms. The van der Waals surface area contributed by atoms with Gasteiger partial charge in [-0.15, -0.1) is 11.3 Å². The van der Waals surface area contributed by atoms with E-state index < -0.39 is 0 Å². The number of hydrogen-bond acceptors (Lipinski definition) is 7. The van der Waals surface area contributed by atoms with E-state index in [1.54, 1.807) is 50.9 Å². The van der Waals surface area contributed by atoms with Gasteiger partial charge in [0, 0.05) is 48.3 Å². The van der Waals surface area contributed by atoms with Crippen LogP contribution in [0.2, 0.25) is 0 Å². The van der Waals surface area contributed by atoms with E-state index in [0.29, 0.717) is 17.1 Å². The number of thiophene rings is 1. The van der Waals surface area contributed by atoms with Gasteiger partial charge in [-0.05, 0) is 60.8 Å². The van der Waals surface area contributed by atoms with Crippen LogP contribution in [0.1, 0.15) is 28.2 Å². The molecule has 1 fully saturated rings. The standard InChI is InChI=1S/C27H33N3O4S/c1-19(28-27(31)20-7-12-23(33-3)24(18-20)34-4)26(25-6-5-17-35-25)30-15-13-29(14-16-30)21-8-10-22(32-2)11-9-21/h5-12,17-19,26H,13-16H2,1-4H3,(H,28,31)/t19-,26-/m1/s1. The molecule has 0 saturated carbocycles. The van der Waals surface area contributed by atoms with Gasteiger partial charge < -0.3 is 24.4 Å². The summed E-state index contributed by atoms with van der Waals surface area (Å²) in [6.07, 6.45) is 0. The third kappa shape index (κ3) is 5.71. The van der Waals surface area contributed by atoms with Crippen LogP contribution in [-0.2, 0) is 0 Å². The van der Waals surface area contributed by atoms with Crippen LogP contribution < -0.4 is 24.4 Å². The van der Waals surface area contributed by atoms with Gasteiger partial charge in [-0.3, -0.25) is 9.69 Å². The van der Waals surface area contributed by atoms with Gasteiger partial charge >= 0.3 is 0 Å². The summed E-state index contributed by atoms with van der Waals surface area (Å²) in [5.74, 6) is 1.88. The van der Waals surface area contributed by atoms with E-state index in [-0.39, 0.29) is 18.0 Å². The van der Waals surface area contributed by atoms with E-state index in [1.807, 2.05) is 12.1 Å². The van der Waals surface area contributed by atoms with Crippen LogP contribution >= 0.6 is 11.3 Å². The van der Waals surface area contributed by atoms with Gasteiger partial charge in [0.15, 0.2) is 11.5 Å².